The van der Waals surface area contributed by atoms with Gasteiger partial charge in [0.2, 0.25) is 0 Å². The lowest BCUT2D eigenvalue weighted by Crippen LogP contribution is -2.39. The number of ether oxygens (including phenoxy) is 1. The third kappa shape index (κ3) is 6.28. The molecule has 1 aromatic rings. The summed E-state index contributed by atoms with van der Waals surface area (Å²) in [6.45, 7) is 7.35. The summed E-state index contributed by atoms with van der Waals surface area (Å²) in [6.07, 6.45) is 4.52. The van der Waals surface area contributed by atoms with Crippen molar-refractivity contribution in [1.82, 2.24) is 15.5 Å². The second-order valence-corrected chi connectivity index (χ2v) is 5.46. The molecule has 2 N–H and O–H groups in total. The molecule has 2 amide bonds. The van der Waals surface area contributed by atoms with Crippen molar-refractivity contribution in [3.63, 3.8) is 0 Å². The molecule has 22 heavy (non-hydrogen) atoms. The van der Waals surface area contributed by atoms with Gasteiger partial charge in [0.15, 0.2) is 0 Å². The average Bonchev–Trinajstić information content (AvgIpc) is 2.53. The second-order valence-electron chi connectivity index (χ2n) is 5.46. The number of carbonyl (C=O) groups excluding carboxylic acids is 1. The molecule has 1 heterocycles. The highest BCUT2D eigenvalue weighted by Crippen LogP contribution is 2.04. The van der Waals surface area contributed by atoms with Gasteiger partial charge in [-0.25, -0.2) is 4.79 Å². The van der Waals surface area contributed by atoms with Crippen LogP contribution in [0.1, 0.15) is 17.5 Å². The molecule has 1 fully saturated rings. The van der Waals surface area contributed by atoms with Crippen LogP contribution in [0, 0.1) is 6.92 Å². The number of nitrogens with one attached hydrogen (secondary N) is 2. The Balaban J connectivity index is 1.57. The summed E-state index contributed by atoms with van der Waals surface area (Å²) in [7, 11) is 0. The third-order valence-electron chi connectivity index (χ3n) is 3.57. The Morgan fingerprint density at radius 3 is 2.95 bits per heavy atom. The summed E-state index contributed by atoms with van der Waals surface area (Å²) in [5, 5.41) is 5.59. The van der Waals surface area contributed by atoms with Gasteiger partial charge in [0, 0.05) is 25.8 Å². The van der Waals surface area contributed by atoms with Crippen molar-refractivity contribution in [2.75, 3.05) is 39.4 Å². The molecule has 1 aliphatic rings. The first-order chi connectivity index (χ1) is 10.7. The number of rotatable bonds is 6. The van der Waals surface area contributed by atoms with E-state index >= 15 is 0 Å². The molecule has 0 spiro atoms. The van der Waals surface area contributed by atoms with E-state index < -0.39 is 0 Å². The topological polar surface area (TPSA) is 53.6 Å². The molecule has 5 heteroatoms. The van der Waals surface area contributed by atoms with E-state index in [-0.39, 0.29) is 6.03 Å². The van der Waals surface area contributed by atoms with Crippen LogP contribution in [0.4, 0.5) is 4.79 Å². The van der Waals surface area contributed by atoms with Gasteiger partial charge >= 0.3 is 6.03 Å². The molecule has 1 aromatic carbocycles. The third-order valence-corrected chi connectivity index (χ3v) is 3.57. The Hall–Kier alpha value is -1.85. The first-order valence-corrected chi connectivity index (χ1v) is 7.82. The Kier molecular flexibility index (Phi) is 6.93. The summed E-state index contributed by atoms with van der Waals surface area (Å²) in [4.78, 5) is 14.0. The fraction of sp³-hybridized carbons (Fsp3) is 0.471. The maximum atomic E-state index is 11.6. The zero-order valence-corrected chi connectivity index (χ0v) is 13.2. The summed E-state index contributed by atoms with van der Waals surface area (Å²) in [5.41, 5.74) is 2.28. The molecule has 1 aliphatic heterocycles. The highest BCUT2D eigenvalue weighted by molar-refractivity contribution is 5.75. The number of morpholine rings is 1. The number of hydrogen-bond donors (Lipinski definition) is 2. The van der Waals surface area contributed by atoms with Crippen LogP contribution in [-0.4, -0.2) is 50.3 Å². The van der Waals surface area contributed by atoms with E-state index in [1.54, 1.807) is 6.20 Å². The predicted octanol–water partition coefficient (Wildman–Crippen LogP) is 1.99. The van der Waals surface area contributed by atoms with Gasteiger partial charge in [0.1, 0.15) is 0 Å². The Morgan fingerprint density at radius 1 is 1.36 bits per heavy atom. The molecule has 0 bridgehead atoms. The summed E-state index contributed by atoms with van der Waals surface area (Å²) in [6, 6.07) is 7.96. The van der Waals surface area contributed by atoms with E-state index in [0.717, 1.165) is 44.8 Å². The summed E-state index contributed by atoms with van der Waals surface area (Å²) >= 11 is 0. The standard InChI is InChI=1S/C17H25N3O2/c1-15-4-2-5-16(14-15)6-8-19-17(21)18-7-3-9-20-10-12-22-13-11-20/h2,4-6,8,14H,3,7,9-13H2,1H3,(H2,18,19,21)/b8-6+. The molecule has 0 saturated carbocycles. The van der Waals surface area contributed by atoms with Crippen LogP contribution in [0.25, 0.3) is 6.08 Å². The molecule has 0 radical (unpaired) electrons. The van der Waals surface area contributed by atoms with Crippen molar-refractivity contribution >= 4 is 12.1 Å². The SMILES string of the molecule is Cc1cccc(/C=C/NC(=O)NCCCN2CCOCC2)c1. The van der Waals surface area contributed by atoms with Gasteiger partial charge in [-0.3, -0.25) is 4.90 Å². The van der Waals surface area contributed by atoms with Crippen LogP contribution >= 0.6 is 0 Å². The molecule has 2 rings (SSSR count). The monoisotopic (exact) mass is 303 g/mol. The largest absolute Gasteiger partial charge is 0.379 e. The summed E-state index contributed by atoms with van der Waals surface area (Å²) in [5.74, 6) is 0. The van der Waals surface area contributed by atoms with Gasteiger partial charge in [0.05, 0.1) is 13.2 Å². The van der Waals surface area contributed by atoms with Crippen LogP contribution in [0.2, 0.25) is 0 Å². The van der Waals surface area contributed by atoms with Crippen molar-refractivity contribution < 1.29 is 9.53 Å². The van der Waals surface area contributed by atoms with E-state index in [4.69, 9.17) is 4.74 Å². The van der Waals surface area contributed by atoms with E-state index in [1.807, 2.05) is 31.2 Å². The number of hydrogen-bond acceptors (Lipinski definition) is 3. The van der Waals surface area contributed by atoms with Gasteiger partial charge in [-0.1, -0.05) is 29.8 Å². The molecule has 0 atom stereocenters. The van der Waals surface area contributed by atoms with E-state index in [2.05, 4.69) is 21.6 Å². The fourth-order valence-electron chi connectivity index (χ4n) is 2.37. The van der Waals surface area contributed by atoms with Gasteiger partial charge in [-0.15, -0.1) is 0 Å². The van der Waals surface area contributed by atoms with Crippen molar-refractivity contribution in [2.24, 2.45) is 0 Å². The lowest BCUT2D eigenvalue weighted by atomic mass is 10.1. The first kappa shape index (κ1) is 16.5. The number of aryl methyl sites for hydroxylation is 1. The Labute approximate surface area is 132 Å². The minimum atomic E-state index is -0.161. The predicted molar refractivity (Wildman–Crippen MR) is 88.6 cm³/mol. The molecule has 120 valence electrons. The quantitative estimate of drug-likeness (QED) is 0.790. The van der Waals surface area contributed by atoms with Crippen molar-refractivity contribution in [3.05, 3.63) is 41.6 Å². The minimum Gasteiger partial charge on any atom is -0.379 e. The highest BCUT2D eigenvalue weighted by Gasteiger charge is 2.09. The number of benzene rings is 1. The van der Waals surface area contributed by atoms with Crippen molar-refractivity contribution in [1.29, 1.82) is 0 Å². The lowest BCUT2D eigenvalue weighted by Gasteiger charge is -2.26. The molecular weight excluding hydrogens is 278 g/mol. The van der Waals surface area contributed by atoms with Gasteiger partial charge < -0.3 is 15.4 Å². The van der Waals surface area contributed by atoms with Crippen LogP contribution in [0.3, 0.4) is 0 Å². The van der Waals surface area contributed by atoms with Crippen molar-refractivity contribution in [2.45, 2.75) is 13.3 Å². The number of nitrogens with zero attached hydrogens (tertiary/aromatic N) is 1. The van der Waals surface area contributed by atoms with Gasteiger partial charge in [-0.05, 0) is 31.5 Å². The van der Waals surface area contributed by atoms with Crippen LogP contribution in [-0.2, 0) is 4.74 Å². The molecule has 0 aliphatic carbocycles. The molecule has 0 aromatic heterocycles. The first-order valence-electron chi connectivity index (χ1n) is 7.82. The Bertz CT molecular complexity index is 496. The smallest absolute Gasteiger partial charge is 0.318 e. The molecular formula is C17H25N3O2. The van der Waals surface area contributed by atoms with Crippen LogP contribution in [0.15, 0.2) is 30.5 Å². The average molecular weight is 303 g/mol. The summed E-state index contributed by atoms with van der Waals surface area (Å²) < 4.78 is 5.30. The Morgan fingerprint density at radius 2 is 2.18 bits per heavy atom. The van der Waals surface area contributed by atoms with E-state index in [1.165, 1.54) is 5.56 Å². The fourth-order valence-corrected chi connectivity index (χ4v) is 2.37. The van der Waals surface area contributed by atoms with E-state index in [0.29, 0.717) is 6.54 Å². The zero-order chi connectivity index (χ0) is 15.6. The van der Waals surface area contributed by atoms with Crippen LogP contribution < -0.4 is 10.6 Å². The van der Waals surface area contributed by atoms with E-state index in [9.17, 15) is 4.79 Å². The molecule has 1 saturated heterocycles. The van der Waals surface area contributed by atoms with Crippen molar-refractivity contribution in [3.8, 4) is 0 Å². The maximum absolute atomic E-state index is 11.6. The zero-order valence-electron chi connectivity index (χ0n) is 13.2. The van der Waals surface area contributed by atoms with Gasteiger partial charge in [0.25, 0.3) is 0 Å². The minimum absolute atomic E-state index is 0.161. The maximum Gasteiger partial charge on any atom is 0.318 e. The molecule has 0 unspecified atom stereocenters. The molecule has 5 nitrogen and oxygen atoms in total. The van der Waals surface area contributed by atoms with Gasteiger partial charge in [-0.2, -0.15) is 0 Å². The van der Waals surface area contributed by atoms with Crippen LogP contribution in [0.5, 0.6) is 0 Å². The number of carbonyl (C=O) groups is 1. The number of amides is 2. The normalized spacial score (nSPS) is 15.9. The second kappa shape index (κ2) is 9.23. The lowest BCUT2D eigenvalue weighted by molar-refractivity contribution is 0.0375. The number of urea groups is 1. The highest BCUT2D eigenvalue weighted by atomic mass is 16.5.